The van der Waals surface area contributed by atoms with Gasteiger partial charge in [-0.25, -0.2) is 0 Å². The Kier molecular flexibility index (Phi) is 7.11. The lowest BCUT2D eigenvalue weighted by Gasteiger charge is -2.27. The van der Waals surface area contributed by atoms with Gasteiger partial charge in [0, 0.05) is 39.7 Å². The zero-order valence-electron chi connectivity index (χ0n) is 13.4. The summed E-state index contributed by atoms with van der Waals surface area (Å²) in [7, 11) is 1.69. The van der Waals surface area contributed by atoms with E-state index < -0.39 is 11.4 Å². The number of amides is 1. The first-order chi connectivity index (χ1) is 9.84. The molecule has 0 aliphatic carbocycles. The fourth-order valence-corrected chi connectivity index (χ4v) is 2.66. The highest BCUT2D eigenvalue weighted by atomic mass is 16.5. The normalized spacial score (nSPS) is 17.6. The smallest absolute Gasteiger partial charge is 0.303 e. The van der Waals surface area contributed by atoms with Gasteiger partial charge in [-0.3, -0.25) is 14.5 Å². The molecule has 6 nitrogen and oxygen atoms in total. The van der Waals surface area contributed by atoms with E-state index >= 15 is 0 Å². The number of carboxylic acids is 1. The first-order valence-electron chi connectivity index (χ1n) is 7.55. The molecule has 0 unspecified atom stereocenters. The SMILES string of the molecule is COCCN1CCCN(C(=O)CC(C)(C)CC(=O)O)CC1. The molecule has 0 aromatic carbocycles. The Labute approximate surface area is 127 Å². The Hall–Kier alpha value is -1.14. The van der Waals surface area contributed by atoms with Gasteiger partial charge < -0.3 is 14.7 Å². The molecule has 1 saturated heterocycles. The second-order valence-electron chi connectivity index (χ2n) is 6.48. The van der Waals surface area contributed by atoms with Crippen molar-refractivity contribution in [2.75, 3.05) is 46.4 Å². The van der Waals surface area contributed by atoms with Crippen LogP contribution in [-0.4, -0.2) is 73.2 Å². The van der Waals surface area contributed by atoms with Crippen LogP contribution >= 0.6 is 0 Å². The molecule has 1 heterocycles. The number of ether oxygens (including phenoxy) is 1. The van der Waals surface area contributed by atoms with Crippen molar-refractivity contribution in [2.45, 2.75) is 33.1 Å². The third-order valence-corrected chi connectivity index (χ3v) is 3.81. The Balaban J connectivity index is 2.46. The number of nitrogens with zero attached hydrogens (tertiary/aromatic N) is 2. The molecule has 1 fully saturated rings. The van der Waals surface area contributed by atoms with E-state index in [0.29, 0.717) is 13.2 Å². The lowest BCUT2D eigenvalue weighted by atomic mass is 9.85. The van der Waals surface area contributed by atoms with Crippen LogP contribution < -0.4 is 0 Å². The summed E-state index contributed by atoms with van der Waals surface area (Å²) >= 11 is 0. The molecule has 1 aliphatic heterocycles. The number of rotatable bonds is 7. The molecule has 6 heteroatoms. The van der Waals surface area contributed by atoms with Crippen LogP contribution in [0.15, 0.2) is 0 Å². The summed E-state index contributed by atoms with van der Waals surface area (Å²) in [5.74, 6) is -0.788. The van der Waals surface area contributed by atoms with Crippen LogP contribution in [0.25, 0.3) is 0 Å². The van der Waals surface area contributed by atoms with Gasteiger partial charge in [0.25, 0.3) is 0 Å². The fraction of sp³-hybridized carbons (Fsp3) is 0.867. The molecule has 0 atom stereocenters. The maximum absolute atomic E-state index is 12.4. The van der Waals surface area contributed by atoms with Crippen LogP contribution in [0.2, 0.25) is 0 Å². The van der Waals surface area contributed by atoms with Gasteiger partial charge in [-0.05, 0) is 18.4 Å². The van der Waals surface area contributed by atoms with Crippen LogP contribution in [0.3, 0.4) is 0 Å². The van der Waals surface area contributed by atoms with E-state index in [1.54, 1.807) is 7.11 Å². The van der Waals surface area contributed by atoms with E-state index in [1.165, 1.54) is 0 Å². The Bertz CT molecular complexity index is 358. The maximum Gasteiger partial charge on any atom is 0.303 e. The van der Waals surface area contributed by atoms with Crippen LogP contribution in [-0.2, 0) is 14.3 Å². The zero-order chi connectivity index (χ0) is 15.9. The summed E-state index contributed by atoms with van der Waals surface area (Å²) in [6.45, 7) is 8.57. The molecule has 0 radical (unpaired) electrons. The average Bonchev–Trinajstić information content (AvgIpc) is 2.59. The minimum atomic E-state index is -0.852. The number of carboxylic acid groups (broad SMARTS) is 1. The fourth-order valence-electron chi connectivity index (χ4n) is 2.66. The van der Waals surface area contributed by atoms with Crippen molar-refractivity contribution in [2.24, 2.45) is 5.41 Å². The van der Waals surface area contributed by atoms with Gasteiger partial charge in [-0.15, -0.1) is 0 Å². The van der Waals surface area contributed by atoms with Crippen LogP contribution in [0, 0.1) is 5.41 Å². The van der Waals surface area contributed by atoms with Crippen molar-refractivity contribution in [1.29, 1.82) is 0 Å². The molecule has 122 valence electrons. The summed E-state index contributed by atoms with van der Waals surface area (Å²) in [6.07, 6.45) is 1.26. The molecule has 1 aliphatic rings. The number of carbonyl (C=O) groups is 2. The van der Waals surface area contributed by atoms with E-state index in [1.807, 2.05) is 18.7 Å². The average molecular weight is 300 g/mol. The predicted octanol–water partition coefficient (Wildman–Crippen LogP) is 1.06. The first kappa shape index (κ1) is 17.9. The van der Waals surface area contributed by atoms with Crippen molar-refractivity contribution < 1.29 is 19.4 Å². The van der Waals surface area contributed by atoms with E-state index in [2.05, 4.69) is 4.90 Å². The highest BCUT2D eigenvalue weighted by Gasteiger charge is 2.28. The first-order valence-corrected chi connectivity index (χ1v) is 7.55. The Morgan fingerprint density at radius 1 is 1.14 bits per heavy atom. The molecule has 21 heavy (non-hydrogen) atoms. The van der Waals surface area contributed by atoms with Gasteiger partial charge in [-0.2, -0.15) is 0 Å². The van der Waals surface area contributed by atoms with Gasteiger partial charge in [0.15, 0.2) is 0 Å². The quantitative estimate of drug-likeness (QED) is 0.761. The largest absolute Gasteiger partial charge is 0.481 e. The molecular formula is C15H28N2O4. The summed E-state index contributed by atoms with van der Waals surface area (Å²) in [5.41, 5.74) is -0.495. The van der Waals surface area contributed by atoms with Gasteiger partial charge in [0.05, 0.1) is 13.0 Å². The van der Waals surface area contributed by atoms with E-state index in [4.69, 9.17) is 9.84 Å². The second kappa shape index (κ2) is 8.34. The van der Waals surface area contributed by atoms with Crippen LogP contribution in [0.5, 0.6) is 0 Å². The molecule has 0 saturated carbocycles. The van der Waals surface area contributed by atoms with Gasteiger partial charge in [-0.1, -0.05) is 13.8 Å². The molecule has 0 bridgehead atoms. The maximum atomic E-state index is 12.4. The third-order valence-electron chi connectivity index (χ3n) is 3.81. The molecule has 1 amide bonds. The summed E-state index contributed by atoms with van der Waals surface area (Å²) in [4.78, 5) is 27.4. The standard InChI is InChI=1S/C15H28N2O4/c1-15(2,12-14(19)20)11-13(18)17-6-4-5-16(7-8-17)9-10-21-3/h4-12H2,1-3H3,(H,19,20). The predicted molar refractivity (Wildman–Crippen MR) is 80.2 cm³/mol. The van der Waals surface area contributed by atoms with Gasteiger partial charge in [0.2, 0.25) is 5.91 Å². The minimum absolute atomic E-state index is 0.0204. The van der Waals surface area contributed by atoms with Crippen molar-refractivity contribution in [1.82, 2.24) is 9.80 Å². The Morgan fingerprint density at radius 2 is 1.86 bits per heavy atom. The highest BCUT2D eigenvalue weighted by Crippen LogP contribution is 2.26. The van der Waals surface area contributed by atoms with Crippen molar-refractivity contribution >= 4 is 11.9 Å². The van der Waals surface area contributed by atoms with E-state index in [0.717, 1.165) is 32.6 Å². The Morgan fingerprint density at radius 3 is 2.48 bits per heavy atom. The number of hydrogen-bond acceptors (Lipinski definition) is 4. The third kappa shape index (κ3) is 6.91. The van der Waals surface area contributed by atoms with E-state index in [9.17, 15) is 9.59 Å². The topological polar surface area (TPSA) is 70.1 Å². The van der Waals surface area contributed by atoms with Crippen molar-refractivity contribution in [3.8, 4) is 0 Å². The lowest BCUT2D eigenvalue weighted by molar-refractivity contribution is -0.140. The molecule has 0 aromatic heterocycles. The molecule has 1 N–H and O–H groups in total. The number of methoxy groups -OCH3 is 1. The number of carbonyl (C=O) groups excluding carboxylic acids is 1. The summed E-state index contributed by atoms with van der Waals surface area (Å²) in [5, 5.41) is 8.89. The van der Waals surface area contributed by atoms with Crippen molar-refractivity contribution in [3.05, 3.63) is 0 Å². The summed E-state index contributed by atoms with van der Waals surface area (Å²) < 4.78 is 5.08. The monoisotopic (exact) mass is 300 g/mol. The molecule has 0 spiro atoms. The van der Waals surface area contributed by atoms with Crippen LogP contribution in [0.4, 0.5) is 0 Å². The van der Waals surface area contributed by atoms with Gasteiger partial charge in [0.1, 0.15) is 0 Å². The molecule has 1 rings (SSSR count). The lowest BCUT2D eigenvalue weighted by Crippen LogP contribution is -2.38. The molecule has 0 aromatic rings. The van der Waals surface area contributed by atoms with Crippen molar-refractivity contribution in [3.63, 3.8) is 0 Å². The van der Waals surface area contributed by atoms with Crippen LogP contribution in [0.1, 0.15) is 33.1 Å². The molecular weight excluding hydrogens is 272 g/mol. The summed E-state index contributed by atoms with van der Waals surface area (Å²) in [6, 6.07) is 0. The highest BCUT2D eigenvalue weighted by molar-refractivity contribution is 5.78. The second-order valence-corrected chi connectivity index (χ2v) is 6.48. The number of hydrogen-bond donors (Lipinski definition) is 1. The van der Waals surface area contributed by atoms with E-state index in [-0.39, 0.29) is 18.7 Å². The van der Waals surface area contributed by atoms with Gasteiger partial charge >= 0.3 is 5.97 Å². The zero-order valence-corrected chi connectivity index (χ0v) is 13.4. The minimum Gasteiger partial charge on any atom is -0.481 e. The number of aliphatic carboxylic acids is 1.